The van der Waals surface area contributed by atoms with Crippen molar-refractivity contribution < 1.29 is 36.2 Å². The van der Waals surface area contributed by atoms with Crippen molar-refractivity contribution >= 4 is 16.0 Å². The van der Waals surface area contributed by atoms with Crippen LogP contribution in [-0.2, 0) is 14.8 Å². The van der Waals surface area contributed by atoms with Crippen molar-refractivity contribution in [3.8, 4) is 5.75 Å². The zero-order chi connectivity index (χ0) is 17.1. The molecule has 1 atom stereocenters. The SMILES string of the molecule is CC(CN(C)S(=O)(=O)c1cc(F)ccc1OC(F)F)C(=O)O. The number of sulfonamides is 1. The van der Waals surface area contributed by atoms with Crippen LogP contribution in [0.2, 0.25) is 0 Å². The van der Waals surface area contributed by atoms with Gasteiger partial charge in [0.25, 0.3) is 0 Å². The molecule has 6 nitrogen and oxygen atoms in total. The van der Waals surface area contributed by atoms with Crippen LogP contribution in [0.15, 0.2) is 23.1 Å². The van der Waals surface area contributed by atoms with E-state index in [1.807, 2.05) is 0 Å². The summed E-state index contributed by atoms with van der Waals surface area (Å²) in [7, 11) is -3.33. The minimum Gasteiger partial charge on any atom is -0.481 e. The Balaban J connectivity index is 3.21. The standard InChI is InChI=1S/C12H14F3NO5S/c1-7(11(17)18)6-16(2)22(19,20)10-5-8(13)3-4-9(10)21-12(14)15/h3-5,7,12H,6H2,1-2H3,(H,17,18). The van der Waals surface area contributed by atoms with Crippen LogP contribution in [0.25, 0.3) is 0 Å². The number of nitrogens with zero attached hydrogens (tertiary/aromatic N) is 1. The monoisotopic (exact) mass is 341 g/mol. The predicted molar refractivity (Wildman–Crippen MR) is 69.6 cm³/mol. The van der Waals surface area contributed by atoms with Gasteiger partial charge < -0.3 is 9.84 Å². The van der Waals surface area contributed by atoms with Gasteiger partial charge in [0.2, 0.25) is 10.0 Å². The number of benzene rings is 1. The van der Waals surface area contributed by atoms with E-state index in [4.69, 9.17) is 5.11 Å². The zero-order valence-electron chi connectivity index (χ0n) is 11.7. The highest BCUT2D eigenvalue weighted by molar-refractivity contribution is 7.89. The van der Waals surface area contributed by atoms with Crippen molar-refractivity contribution in [3.05, 3.63) is 24.0 Å². The lowest BCUT2D eigenvalue weighted by Crippen LogP contribution is -2.34. The fraction of sp³-hybridized carbons (Fsp3) is 0.417. The first-order valence-electron chi connectivity index (χ1n) is 5.99. The molecule has 0 aromatic heterocycles. The summed E-state index contributed by atoms with van der Waals surface area (Å²) < 4.78 is 67.1. The van der Waals surface area contributed by atoms with Crippen molar-refractivity contribution in [2.45, 2.75) is 18.4 Å². The van der Waals surface area contributed by atoms with Gasteiger partial charge in [-0.1, -0.05) is 6.92 Å². The van der Waals surface area contributed by atoms with Crippen LogP contribution in [0.1, 0.15) is 6.92 Å². The summed E-state index contributed by atoms with van der Waals surface area (Å²) in [5.41, 5.74) is 0. The zero-order valence-corrected chi connectivity index (χ0v) is 12.5. The summed E-state index contributed by atoms with van der Waals surface area (Å²) in [4.78, 5) is 9.96. The molecular weight excluding hydrogens is 327 g/mol. The molecule has 0 aliphatic rings. The van der Waals surface area contributed by atoms with Gasteiger partial charge in [0, 0.05) is 13.6 Å². The topological polar surface area (TPSA) is 83.9 Å². The highest BCUT2D eigenvalue weighted by atomic mass is 32.2. The summed E-state index contributed by atoms with van der Waals surface area (Å²) in [5, 5.41) is 8.78. The molecule has 0 aliphatic heterocycles. The number of aliphatic carboxylic acids is 1. The summed E-state index contributed by atoms with van der Waals surface area (Å²) >= 11 is 0. The van der Waals surface area contributed by atoms with E-state index in [-0.39, 0.29) is 0 Å². The maximum absolute atomic E-state index is 13.2. The van der Waals surface area contributed by atoms with Gasteiger partial charge in [-0.25, -0.2) is 12.8 Å². The Bertz CT molecular complexity index is 650. The fourth-order valence-corrected chi connectivity index (χ4v) is 2.99. The van der Waals surface area contributed by atoms with Crippen molar-refractivity contribution in [2.24, 2.45) is 5.92 Å². The molecule has 0 bridgehead atoms. The average molecular weight is 341 g/mol. The van der Waals surface area contributed by atoms with E-state index in [1.165, 1.54) is 6.92 Å². The van der Waals surface area contributed by atoms with E-state index in [9.17, 15) is 26.4 Å². The Morgan fingerprint density at radius 1 is 1.41 bits per heavy atom. The highest BCUT2D eigenvalue weighted by Gasteiger charge is 2.29. The Kier molecular flexibility index (Phi) is 5.78. The van der Waals surface area contributed by atoms with Crippen molar-refractivity contribution in [1.29, 1.82) is 0 Å². The van der Waals surface area contributed by atoms with E-state index >= 15 is 0 Å². The van der Waals surface area contributed by atoms with Crippen LogP contribution in [0.5, 0.6) is 5.75 Å². The van der Waals surface area contributed by atoms with Crippen molar-refractivity contribution in [2.75, 3.05) is 13.6 Å². The van der Waals surface area contributed by atoms with Crippen molar-refractivity contribution in [1.82, 2.24) is 4.31 Å². The van der Waals surface area contributed by atoms with Gasteiger partial charge in [-0.3, -0.25) is 4.79 Å². The van der Waals surface area contributed by atoms with E-state index in [0.717, 1.165) is 19.2 Å². The second-order valence-corrected chi connectivity index (χ2v) is 6.51. The van der Waals surface area contributed by atoms with Crippen LogP contribution in [0.3, 0.4) is 0 Å². The van der Waals surface area contributed by atoms with Crippen LogP contribution in [0, 0.1) is 11.7 Å². The molecule has 0 saturated carbocycles. The Morgan fingerprint density at radius 3 is 2.50 bits per heavy atom. The van der Waals surface area contributed by atoms with Gasteiger partial charge in [0.1, 0.15) is 16.5 Å². The molecule has 0 heterocycles. The number of hydrogen-bond donors (Lipinski definition) is 1. The number of hydrogen-bond acceptors (Lipinski definition) is 4. The smallest absolute Gasteiger partial charge is 0.387 e. The minimum atomic E-state index is -4.39. The summed E-state index contributed by atoms with van der Waals surface area (Å²) in [6, 6.07) is 2.08. The van der Waals surface area contributed by atoms with E-state index in [1.54, 1.807) is 0 Å². The molecular formula is C12H14F3NO5S. The maximum Gasteiger partial charge on any atom is 0.387 e. The maximum atomic E-state index is 13.2. The molecule has 0 saturated heterocycles. The van der Waals surface area contributed by atoms with Gasteiger partial charge in [0.15, 0.2) is 0 Å². The number of rotatable bonds is 7. The van der Waals surface area contributed by atoms with Gasteiger partial charge >= 0.3 is 12.6 Å². The molecule has 10 heteroatoms. The molecule has 22 heavy (non-hydrogen) atoms. The van der Waals surface area contributed by atoms with E-state index in [2.05, 4.69) is 4.74 Å². The van der Waals surface area contributed by atoms with Crippen molar-refractivity contribution in [3.63, 3.8) is 0 Å². The Hall–Kier alpha value is -1.81. The highest BCUT2D eigenvalue weighted by Crippen LogP contribution is 2.28. The van der Waals surface area contributed by atoms with Crippen LogP contribution in [0.4, 0.5) is 13.2 Å². The molecule has 0 spiro atoms. The molecule has 1 rings (SSSR count). The molecule has 0 radical (unpaired) electrons. The van der Waals surface area contributed by atoms with Gasteiger partial charge in [-0.2, -0.15) is 13.1 Å². The predicted octanol–water partition coefficient (Wildman–Crippen LogP) is 1.77. The molecule has 1 aromatic rings. The minimum absolute atomic E-state index is 0.414. The molecule has 124 valence electrons. The lowest BCUT2D eigenvalue weighted by atomic mass is 10.2. The number of carboxylic acids is 1. The second kappa shape index (κ2) is 6.97. The number of carbonyl (C=O) groups is 1. The third kappa shape index (κ3) is 4.34. The quantitative estimate of drug-likeness (QED) is 0.817. The van der Waals surface area contributed by atoms with E-state index in [0.29, 0.717) is 10.4 Å². The largest absolute Gasteiger partial charge is 0.481 e. The van der Waals surface area contributed by atoms with Crippen LogP contribution >= 0.6 is 0 Å². The lowest BCUT2D eigenvalue weighted by Gasteiger charge is -2.20. The first-order valence-corrected chi connectivity index (χ1v) is 7.43. The number of alkyl halides is 2. The fourth-order valence-electron chi connectivity index (χ4n) is 1.61. The lowest BCUT2D eigenvalue weighted by molar-refractivity contribution is -0.141. The summed E-state index contributed by atoms with van der Waals surface area (Å²) in [6.45, 7) is -2.43. The number of ether oxygens (including phenoxy) is 1. The molecule has 0 aliphatic carbocycles. The molecule has 0 fully saturated rings. The molecule has 1 N–H and O–H groups in total. The number of carboxylic acid groups (broad SMARTS) is 1. The third-order valence-electron chi connectivity index (χ3n) is 2.76. The normalized spacial score (nSPS) is 13.4. The number of halogens is 3. The summed E-state index contributed by atoms with van der Waals surface area (Å²) in [5.74, 6) is -3.94. The van der Waals surface area contributed by atoms with E-state index < -0.39 is 51.5 Å². The Morgan fingerprint density at radius 2 is 2.00 bits per heavy atom. The van der Waals surface area contributed by atoms with Gasteiger partial charge in [0.05, 0.1) is 5.92 Å². The molecule has 0 amide bonds. The first kappa shape index (κ1) is 18.2. The Labute approximate surface area is 125 Å². The van der Waals surface area contributed by atoms with Gasteiger partial charge in [-0.15, -0.1) is 0 Å². The molecule has 1 unspecified atom stereocenters. The van der Waals surface area contributed by atoms with Gasteiger partial charge in [-0.05, 0) is 18.2 Å². The molecule has 1 aromatic carbocycles. The van der Waals surface area contributed by atoms with Crippen LogP contribution < -0.4 is 4.74 Å². The third-order valence-corrected chi connectivity index (χ3v) is 4.61. The van der Waals surface area contributed by atoms with Crippen LogP contribution in [-0.4, -0.2) is 44.0 Å². The first-order chi connectivity index (χ1) is 10.1. The summed E-state index contributed by atoms with van der Waals surface area (Å²) in [6.07, 6.45) is 0. The second-order valence-electron chi connectivity index (χ2n) is 4.49. The average Bonchev–Trinajstić information content (AvgIpc) is 2.39.